The van der Waals surface area contributed by atoms with E-state index < -0.39 is 0 Å². The van der Waals surface area contributed by atoms with Gasteiger partial charge in [-0.3, -0.25) is 0 Å². The van der Waals surface area contributed by atoms with E-state index in [4.69, 9.17) is 0 Å². The molecule has 0 aliphatic carbocycles. The molecule has 0 bridgehead atoms. The van der Waals surface area contributed by atoms with Gasteiger partial charge in [-0.05, 0) is 19.2 Å². The monoisotopic (exact) mass is 309 g/mol. The molecule has 0 spiro atoms. The third-order valence-corrected chi connectivity index (χ3v) is 3.72. The Labute approximate surface area is 114 Å². The summed E-state index contributed by atoms with van der Waals surface area (Å²) >= 11 is 3.45. The molecule has 6 heteroatoms. The van der Waals surface area contributed by atoms with E-state index in [1.807, 2.05) is 22.8 Å². The molecule has 3 heterocycles. The minimum absolute atomic E-state index is 0.449. The van der Waals surface area contributed by atoms with Crippen molar-refractivity contribution < 1.29 is 0 Å². The highest BCUT2D eigenvalue weighted by atomic mass is 79.9. The quantitative estimate of drug-likeness (QED) is 0.897. The van der Waals surface area contributed by atoms with E-state index in [0.717, 1.165) is 42.0 Å². The van der Waals surface area contributed by atoms with Gasteiger partial charge in [-0.2, -0.15) is 5.10 Å². The maximum atomic E-state index is 4.56. The standard InChI is InChI=1S/C12H16BrN5/c1-17-5-3-14-10(8-17)7-11-15-12-6-9(13)2-4-18(12)16-11/h2,4,6,10,14H,3,5,7-8H2,1H3. The van der Waals surface area contributed by atoms with Crippen LogP contribution < -0.4 is 5.32 Å². The summed E-state index contributed by atoms with van der Waals surface area (Å²) in [6, 6.07) is 4.40. The summed E-state index contributed by atoms with van der Waals surface area (Å²) in [6.07, 6.45) is 2.81. The van der Waals surface area contributed by atoms with Crippen molar-refractivity contribution in [1.29, 1.82) is 0 Å². The second-order valence-corrected chi connectivity index (χ2v) is 5.71. The lowest BCUT2D eigenvalue weighted by atomic mass is 10.1. The molecule has 18 heavy (non-hydrogen) atoms. The van der Waals surface area contributed by atoms with Crippen molar-refractivity contribution in [3.8, 4) is 0 Å². The van der Waals surface area contributed by atoms with Gasteiger partial charge < -0.3 is 10.2 Å². The predicted molar refractivity (Wildman–Crippen MR) is 73.7 cm³/mol. The van der Waals surface area contributed by atoms with Crippen molar-refractivity contribution in [2.45, 2.75) is 12.5 Å². The lowest BCUT2D eigenvalue weighted by molar-refractivity contribution is 0.236. The average molecular weight is 310 g/mol. The first kappa shape index (κ1) is 12.1. The number of nitrogens with one attached hydrogen (secondary N) is 1. The van der Waals surface area contributed by atoms with Crippen molar-refractivity contribution in [2.75, 3.05) is 26.7 Å². The summed E-state index contributed by atoms with van der Waals surface area (Å²) in [5, 5.41) is 8.01. The Hall–Kier alpha value is -0.980. The number of piperazine rings is 1. The van der Waals surface area contributed by atoms with E-state index in [2.05, 4.69) is 43.3 Å². The van der Waals surface area contributed by atoms with Crippen LogP contribution in [0.1, 0.15) is 5.82 Å². The Morgan fingerprint density at radius 1 is 1.56 bits per heavy atom. The predicted octanol–water partition coefficient (Wildman–Crippen LogP) is 0.938. The smallest absolute Gasteiger partial charge is 0.156 e. The fourth-order valence-corrected chi connectivity index (χ4v) is 2.66. The summed E-state index contributed by atoms with van der Waals surface area (Å²) in [5.41, 5.74) is 0.892. The van der Waals surface area contributed by atoms with Crippen molar-refractivity contribution in [1.82, 2.24) is 24.8 Å². The van der Waals surface area contributed by atoms with Gasteiger partial charge in [0.15, 0.2) is 11.5 Å². The number of likely N-dealkylation sites (N-methyl/N-ethyl adjacent to an activating group) is 1. The van der Waals surface area contributed by atoms with Crippen LogP contribution in [0, 0.1) is 0 Å². The fourth-order valence-electron chi connectivity index (χ4n) is 2.34. The van der Waals surface area contributed by atoms with Crippen molar-refractivity contribution >= 4 is 21.6 Å². The van der Waals surface area contributed by atoms with Crippen LogP contribution >= 0.6 is 15.9 Å². The molecule has 0 amide bonds. The van der Waals surface area contributed by atoms with E-state index in [1.165, 1.54) is 0 Å². The molecule has 1 unspecified atom stereocenters. The zero-order chi connectivity index (χ0) is 12.5. The molecule has 96 valence electrons. The van der Waals surface area contributed by atoms with Crippen LogP contribution in [0.5, 0.6) is 0 Å². The van der Waals surface area contributed by atoms with Crippen LogP contribution in [-0.4, -0.2) is 52.2 Å². The molecular weight excluding hydrogens is 294 g/mol. The van der Waals surface area contributed by atoms with Crippen molar-refractivity contribution in [3.63, 3.8) is 0 Å². The maximum Gasteiger partial charge on any atom is 0.156 e. The van der Waals surface area contributed by atoms with Gasteiger partial charge in [0.2, 0.25) is 0 Å². The van der Waals surface area contributed by atoms with Crippen LogP contribution in [0.4, 0.5) is 0 Å². The Kier molecular flexibility index (Phi) is 3.32. The van der Waals surface area contributed by atoms with Crippen molar-refractivity contribution in [3.05, 3.63) is 28.6 Å². The molecule has 0 saturated carbocycles. The minimum Gasteiger partial charge on any atom is -0.311 e. The van der Waals surface area contributed by atoms with Gasteiger partial charge in [-0.25, -0.2) is 9.50 Å². The van der Waals surface area contributed by atoms with Crippen LogP contribution in [0.2, 0.25) is 0 Å². The first-order valence-electron chi connectivity index (χ1n) is 6.13. The summed E-state index contributed by atoms with van der Waals surface area (Å²) in [4.78, 5) is 6.90. The van der Waals surface area contributed by atoms with Crippen LogP contribution in [-0.2, 0) is 6.42 Å². The van der Waals surface area contributed by atoms with E-state index in [0.29, 0.717) is 6.04 Å². The topological polar surface area (TPSA) is 45.5 Å². The number of pyridine rings is 1. The van der Waals surface area contributed by atoms with Gasteiger partial charge in [0, 0.05) is 42.8 Å². The van der Waals surface area contributed by atoms with E-state index in [9.17, 15) is 0 Å². The molecule has 1 atom stereocenters. The zero-order valence-corrected chi connectivity index (χ0v) is 11.9. The first-order valence-corrected chi connectivity index (χ1v) is 6.93. The normalized spacial score (nSPS) is 21.6. The lowest BCUT2D eigenvalue weighted by Crippen LogP contribution is -2.50. The molecule has 1 aliphatic heterocycles. The number of nitrogens with zero attached hydrogens (tertiary/aromatic N) is 4. The molecule has 0 radical (unpaired) electrons. The minimum atomic E-state index is 0.449. The van der Waals surface area contributed by atoms with Crippen LogP contribution in [0.3, 0.4) is 0 Å². The number of hydrogen-bond acceptors (Lipinski definition) is 4. The van der Waals surface area contributed by atoms with Crippen LogP contribution in [0.15, 0.2) is 22.8 Å². The Balaban J connectivity index is 1.78. The maximum absolute atomic E-state index is 4.56. The van der Waals surface area contributed by atoms with Gasteiger partial charge in [-0.1, -0.05) is 15.9 Å². The third kappa shape index (κ3) is 2.55. The molecule has 1 saturated heterocycles. The molecule has 2 aromatic rings. The van der Waals surface area contributed by atoms with Gasteiger partial charge in [0.1, 0.15) is 0 Å². The van der Waals surface area contributed by atoms with E-state index >= 15 is 0 Å². The van der Waals surface area contributed by atoms with Gasteiger partial charge >= 0.3 is 0 Å². The Bertz CT molecular complexity index is 552. The lowest BCUT2D eigenvalue weighted by Gasteiger charge is -2.30. The molecule has 1 N–H and O–H groups in total. The van der Waals surface area contributed by atoms with Crippen LogP contribution in [0.25, 0.3) is 5.65 Å². The molecular formula is C12H16BrN5. The highest BCUT2D eigenvalue weighted by Crippen LogP contribution is 2.12. The van der Waals surface area contributed by atoms with E-state index in [1.54, 1.807) is 0 Å². The first-order chi connectivity index (χ1) is 8.70. The summed E-state index contributed by atoms with van der Waals surface area (Å²) in [7, 11) is 2.15. The van der Waals surface area contributed by atoms with Gasteiger partial charge in [-0.15, -0.1) is 0 Å². The largest absolute Gasteiger partial charge is 0.311 e. The Morgan fingerprint density at radius 3 is 3.28 bits per heavy atom. The third-order valence-electron chi connectivity index (χ3n) is 3.23. The molecule has 2 aromatic heterocycles. The second-order valence-electron chi connectivity index (χ2n) is 4.79. The molecule has 1 fully saturated rings. The molecule has 3 rings (SSSR count). The molecule has 1 aliphatic rings. The fraction of sp³-hybridized carbons (Fsp3) is 0.500. The molecule has 0 aromatic carbocycles. The SMILES string of the molecule is CN1CCNC(Cc2nc3cc(Br)ccn3n2)C1. The summed E-state index contributed by atoms with van der Waals surface area (Å²) in [6.45, 7) is 3.21. The number of fused-ring (bicyclic) bond motifs is 1. The second kappa shape index (κ2) is 4.95. The van der Waals surface area contributed by atoms with Gasteiger partial charge in [0.05, 0.1) is 0 Å². The Morgan fingerprint density at radius 2 is 2.44 bits per heavy atom. The van der Waals surface area contributed by atoms with Crippen molar-refractivity contribution in [2.24, 2.45) is 0 Å². The van der Waals surface area contributed by atoms with E-state index in [-0.39, 0.29) is 0 Å². The summed E-state index contributed by atoms with van der Waals surface area (Å²) in [5.74, 6) is 0.904. The number of halogens is 1. The average Bonchev–Trinajstić information content (AvgIpc) is 2.70. The highest BCUT2D eigenvalue weighted by Gasteiger charge is 2.18. The zero-order valence-electron chi connectivity index (χ0n) is 10.3. The number of aromatic nitrogens is 3. The number of hydrogen-bond donors (Lipinski definition) is 1. The summed E-state index contributed by atoms with van der Waals surface area (Å²) < 4.78 is 2.86. The highest BCUT2D eigenvalue weighted by molar-refractivity contribution is 9.10. The van der Waals surface area contributed by atoms with Gasteiger partial charge in [0.25, 0.3) is 0 Å². The molecule has 5 nitrogen and oxygen atoms in total. The number of rotatable bonds is 2.